The van der Waals surface area contributed by atoms with E-state index in [0.29, 0.717) is 0 Å². The van der Waals surface area contributed by atoms with Crippen molar-refractivity contribution < 1.29 is 74.6 Å². The van der Waals surface area contributed by atoms with Crippen molar-refractivity contribution in [1.29, 1.82) is 0 Å². The van der Waals surface area contributed by atoms with Crippen LogP contribution in [0.1, 0.15) is 0 Å². The summed E-state index contributed by atoms with van der Waals surface area (Å²) in [7, 11) is 0. The fourth-order valence-corrected chi connectivity index (χ4v) is 1.09. The van der Waals surface area contributed by atoms with E-state index in [-0.39, 0.29) is 23.1 Å². The SMILES string of the molecule is F[C-](F)C(F)(F)C(F)(F)C(F)(F)C(F)(F)C(F)(F)C(F)(F)C(F)(F)F.[C-]#C.[Mg+2]. The van der Waals surface area contributed by atoms with Gasteiger partial charge in [-0.2, -0.15) is 57.1 Å². The van der Waals surface area contributed by atoms with E-state index in [1.165, 1.54) is 0 Å². The number of hydrogen-bond acceptors (Lipinski definition) is 0. The van der Waals surface area contributed by atoms with E-state index >= 15 is 0 Å². The van der Waals surface area contributed by atoms with Gasteiger partial charge in [0.05, 0.1) is 6.43 Å². The Bertz CT molecular complexity index is 528. The molecule has 0 aliphatic carbocycles. The minimum absolute atomic E-state index is 0. The second kappa shape index (κ2) is 8.48. The Morgan fingerprint density at radius 2 is 0.679 bits per heavy atom. The summed E-state index contributed by atoms with van der Waals surface area (Å²) in [4.78, 5) is 0. The van der Waals surface area contributed by atoms with Gasteiger partial charge in [-0.05, 0) is 0 Å². The maximum Gasteiger partial charge on any atom is 2.00 e. The van der Waals surface area contributed by atoms with Crippen LogP contribution in [-0.4, -0.2) is 64.8 Å². The van der Waals surface area contributed by atoms with E-state index in [2.05, 4.69) is 6.42 Å². The summed E-state index contributed by atoms with van der Waals surface area (Å²) in [6.07, 6.45) is -3.76. The van der Waals surface area contributed by atoms with Gasteiger partial charge >= 0.3 is 58.8 Å². The van der Waals surface area contributed by atoms with Crippen LogP contribution in [0.4, 0.5) is 74.6 Å². The standard InChI is InChI=1S/C8F17.C2H.Mg/c9-1(10)2(11,12)3(13,14)4(15,16)5(17,18)6(19,20)7(21,22)8(23,24)25;1-2;/h;1H;/q2*-1;+2. The predicted octanol–water partition coefficient (Wildman–Crippen LogP) is 5.61. The van der Waals surface area contributed by atoms with E-state index in [0.717, 1.165) is 0 Å². The molecule has 162 valence electrons. The van der Waals surface area contributed by atoms with Crippen LogP contribution in [0.3, 0.4) is 0 Å². The summed E-state index contributed by atoms with van der Waals surface area (Å²) in [5.41, 5.74) is 0. The number of alkyl halides is 15. The van der Waals surface area contributed by atoms with Gasteiger partial charge < -0.3 is 21.6 Å². The third-order valence-electron chi connectivity index (χ3n) is 2.57. The van der Waals surface area contributed by atoms with Crippen molar-refractivity contribution in [3.63, 3.8) is 0 Å². The molecule has 0 N–H and O–H groups in total. The average molecular weight is 468 g/mol. The zero-order valence-corrected chi connectivity index (χ0v) is 13.6. The van der Waals surface area contributed by atoms with Gasteiger partial charge in [-0.1, -0.05) is 0 Å². The molecule has 0 amide bonds. The Kier molecular flexibility index (Phi) is 9.63. The summed E-state index contributed by atoms with van der Waals surface area (Å²) in [5, 5.41) is 0. The first kappa shape index (κ1) is 31.8. The van der Waals surface area contributed by atoms with Gasteiger partial charge in [-0.15, -0.1) is 0 Å². The molecule has 18 heteroatoms. The van der Waals surface area contributed by atoms with E-state index in [1.807, 2.05) is 0 Å². The van der Waals surface area contributed by atoms with Gasteiger partial charge in [0.1, 0.15) is 0 Å². The monoisotopic (exact) mass is 468 g/mol. The van der Waals surface area contributed by atoms with Crippen molar-refractivity contribution in [1.82, 2.24) is 0 Å². The topological polar surface area (TPSA) is 0 Å². The van der Waals surface area contributed by atoms with Crippen molar-refractivity contribution >= 4 is 23.1 Å². The van der Waals surface area contributed by atoms with Crippen LogP contribution in [0.25, 0.3) is 0 Å². The molecule has 0 radical (unpaired) electrons. The summed E-state index contributed by atoms with van der Waals surface area (Å²) in [6.45, 7) is 0. The Morgan fingerprint density at radius 3 is 0.893 bits per heavy atom. The smallest absolute Gasteiger partial charge is 0.697 e. The van der Waals surface area contributed by atoms with Gasteiger partial charge in [0.15, 0.2) is 0 Å². The molecule has 0 rings (SSSR count). The van der Waals surface area contributed by atoms with Gasteiger partial charge in [-0.3, -0.25) is 0 Å². The Hall–Kier alpha value is -0.864. The van der Waals surface area contributed by atoms with Crippen LogP contribution in [-0.2, 0) is 0 Å². The number of halogens is 17. The van der Waals surface area contributed by atoms with E-state index in [4.69, 9.17) is 6.42 Å². The van der Waals surface area contributed by atoms with Crippen molar-refractivity contribution in [3.05, 3.63) is 12.8 Å². The molecular formula is C10HF17Mg. The first-order chi connectivity index (χ1) is 11.4. The molecule has 0 aromatic rings. The third kappa shape index (κ3) is 4.19. The molecule has 0 nitrogen and oxygen atoms in total. The Labute approximate surface area is 159 Å². The van der Waals surface area contributed by atoms with Gasteiger partial charge in [-0.25, -0.2) is 8.78 Å². The molecule has 0 saturated heterocycles. The quantitative estimate of drug-likeness (QED) is 0.206. The Balaban J connectivity index is -0.00000201. The van der Waals surface area contributed by atoms with Crippen molar-refractivity contribution in [2.75, 3.05) is 0 Å². The van der Waals surface area contributed by atoms with Crippen LogP contribution in [0.15, 0.2) is 0 Å². The van der Waals surface area contributed by atoms with Crippen molar-refractivity contribution in [2.24, 2.45) is 0 Å². The molecule has 0 saturated carbocycles. The first-order valence-electron chi connectivity index (χ1n) is 5.25. The number of rotatable bonds is 6. The molecule has 0 aliphatic heterocycles. The fraction of sp³-hybridized carbons (Fsp3) is 0.700. The third-order valence-corrected chi connectivity index (χ3v) is 2.57. The molecule has 0 aliphatic rings. The molecule has 0 bridgehead atoms. The van der Waals surface area contributed by atoms with Crippen LogP contribution < -0.4 is 0 Å². The zero-order chi connectivity index (χ0) is 23.1. The van der Waals surface area contributed by atoms with Crippen LogP contribution in [0.2, 0.25) is 0 Å². The van der Waals surface area contributed by atoms with E-state index in [1.54, 1.807) is 0 Å². The summed E-state index contributed by atoms with van der Waals surface area (Å²) in [5.74, 6) is -49.4. The van der Waals surface area contributed by atoms with Gasteiger partial charge in [0, 0.05) is 0 Å². The van der Waals surface area contributed by atoms with Gasteiger partial charge in [0.25, 0.3) is 5.92 Å². The maximum absolute atomic E-state index is 12.7. The van der Waals surface area contributed by atoms with Gasteiger partial charge in [0.2, 0.25) is 0 Å². The van der Waals surface area contributed by atoms with Crippen LogP contribution >= 0.6 is 0 Å². The molecule has 0 heterocycles. The molecule has 0 atom stereocenters. The first-order valence-corrected chi connectivity index (χ1v) is 5.25. The van der Waals surface area contributed by atoms with Crippen molar-refractivity contribution in [2.45, 2.75) is 41.7 Å². The zero-order valence-electron chi connectivity index (χ0n) is 12.2. The fourth-order valence-electron chi connectivity index (χ4n) is 1.09. The van der Waals surface area contributed by atoms with E-state index in [9.17, 15) is 74.6 Å². The summed E-state index contributed by atoms with van der Waals surface area (Å²) < 4.78 is 209. The molecule has 0 spiro atoms. The second-order valence-corrected chi connectivity index (χ2v) is 4.20. The molecule has 0 fully saturated rings. The minimum Gasteiger partial charge on any atom is -0.697 e. The van der Waals surface area contributed by atoms with Crippen LogP contribution in [0, 0.1) is 19.3 Å². The summed E-state index contributed by atoms with van der Waals surface area (Å²) in [6, 6.07) is 0. The molecular weight excluding hydrogens is 467 g/mol. The Morgan fingerprint density at radius 1 is 0.464 bits per heavy atom. The molecule has 0 aromatic heterocycles. The minimum atomic E-state index is -8.55. The molecule has 28 heavy (non-hydrogen) atoms. The normalized spacial score (nSPS) is 14.9. The molecule has 0 unspecified atom stereocenters. The maximum atomic E-state index is 12.7. The summed E-state index contributed by atoms with van der Waals surface area (Å²) >= 11 is 0. The van der Waals surface area contributed by atoms with Crippen LogP contribution in [0.5, 0.6) is 0 Å². The van der Waals surface area contributed by atoms with Crippen molar-refractivity contribution in [3.8, 4) is 6.42 Å². The molecule has 0 aromatic carbocycles. The predicted molar refractivity (Wildman–Crippen MR) is 55.1 cm³/mol. The average Bonchev–Trinajstić information content (AvgIpc) is 2.46. The second-order valence-electron chi connectivity index (χ2n) is 4.20. The largest absolute Gasteiger partial charge is 2.00 e. The number of terminal acetylenes is 1. The number of hydrogen-bond donors (Lipinski definition) is 0. The van der Waals surface area contributed by atoms with E-state index < -0.39 is 48.1 Å².